The molecule has 1 aromatic carbocycles. The maximum Gasteiger partial charge on any atom is 0.332 e. The average Bonchev–Trinajstić information content (AvgIpc) is 3.05. The van der Waals surface area contributed by atoms with Crippen LogP contribution in [-0.2, 0) is 14.3 Å². The van der Waals surface area contributed by atoms with E-state index >= 15 is 0 Å². The number of amides is 1. The zero-order chi connectivity index (χ0) is 17.1. The van der Waals surface area contributed by atoms with Crippen molar-refractivity contribution in [2.24, 2.45) is 0 Å². The van der Waals surface area contributed by atoms with Gasteiger partial charge in [0.2, 0.25) is 0 Å². The van der Waals surface area contributed by atoms with Crippen molar-refractivity contribution >= 4 is 17.6 Å². The number of aryl methyl sites for hydroxylation is 1. The van der Waals surface area contributed by atoms with Crippen molar-refractivity contribution in [3.05, 3.63) is 42.4 Å². The molecule has 2 N–H and O–H groups in total. The lowest BCUT2D eigenvalue weighted by Crippen LogP contribution is -2.29. The van der Waals surface area contributed by atoms with E-state index in [0.717, 1.165) is 11.3 Å². The summed E-state index contributed by atoms with van der Waals surface area (Å²) in [6.45, 7) is 1.81. The number of ether oxygens (including phenoxy) is 1. The zero-order valence-electron chi connectivity index (χ0n) is 13.1. The Balaban J connectivity index is 1.71. The Bertz CT molecular complexity index is 778. The van der Waals surface area contributed by atoms with Crippen LogP contribution in [0.1, 0.15) is 18.7 Å². The normalized spacial score (nSPS) is 19.9. The van der Waals surface area contributed by atoms with Gasteiger partial charge in [-0.25, -0.2) is 14.8 Å². The Morgan fingerprint density at radius 2 is 2.04 bits per heavy atom. The number of carboxylic acid groups (broad SMARTS) is 1. The fourth-order valence-corrected chi connectivity index (χ4v) is 2.61. The highest BCUT2D eigenvalue weighted by Crippen LogP contribution is 2.24. The van der Waals surface area contributed by atoms with Gasteiger partial charge in [-0.2, -0.15) is 0 Å². The van der Waals surface area contributed by atoms with Gasteiger partial charge in [0.25, 0.3) is 5.91 Å². The molecule has 2 aromatic rings. The second-order valence-corrected chi connectivity index (χ2v) is 5.59. The van der Waals surface area contributed by atoms with E-state index in [2.05, 4.69) is 15.3 Å². The van der Waals surface area contributed by atoms with E-state index in [9.17, 15) is 9.59 Å². The predicted octanol–water partition coefficient (Wildman–Crippen LogP) is 2.02. The molecule has 1 aliphatic heterocycles. The SMILES string of the molecule is Cc1nccc(-c2cccc(NC(=O)[C@@H]3CC[C@H](C(=O)O)O3)c2)n1. The number of carbonyl (C=O) groups is 2. The monoisotopic (exact) mass is 327 g/mol. The minimum Gasteiger partial charge on any atom is -0.479 e. The smallest absolute Gasteiger partial charge is 0.332 e. The number of aliphatic carboxylic acids is 1. The molecule has 0 aliphatic carbocycles. The van der Waals surface area contributed by atoms with Gasteiger partial charge in [-0.05, 0) is 38.0 Å². The summed E-state index contributed by atoms with van der Waals surface area (Å²) in [6, 6.07) is 9.08. The predicted molar refractivity (Wildman–Crippen MR) is 86.4 cm³/mol. The third kappa shape index (κ3) is 3.57. The van der Waals surface area contributed by atoms with Gasteiger partial charge < -0.3 is 15.2 Å². The largest absolute Gasteiger partial charge is 0.479 e. The molecule has 1 aliphatic rings. The highest BCUT2D eigenvalue weighted by molar-refractivity contribution is 5.95. The molecule has 1 aromatic heterocycles. The van der Waals surface area contributed by atoms with Gasteiger partial charge in [-0.3, -0.25) is 4.79 Å². The van der Waals surface area contributed by atoms with Crippen molar-refractivity contribution in [2.45, 2.75) is 32.0 Å². The molecule has 2 heterocycles. The van der Waals surface area contributed by atoms with Crippen LogP contribution in [0.2, 0.25) is 0 Å². The van der Waals surface area contributed by atoms with Crippen LogP contribution in [0, 0.1) is 6.92 Å². The molecular formula is C17H17N3O4. The van der Waals surface area contributed by atoms with E-state index in [0.29, 0.717) is 24.4 Å². The van der Waals surface area contributed by atoms with Crippen LogP contribution in [-0.4, -0.2) is 39.2 Å². The first-order valence-electron chi connectivity index (χ1n) is 7.62. The number of carbonyl (C=O) groups excluding carboxylic acids is 1. The Morgan fingerprint density at radius 1 is 1.25 bits per heavy atom. The molecule has 24 heavy (non-hydrogen) atoms. The van der Waals surface area contributed by atoms with E-state index in [-0.39, 0.29) is 5.91 Å². The van der Waals surface area contributed by atoms with Crippen molar-refractivity contribution in [2.75, 3.05) is 5.32 Å². The summed E-state index contributed by atoms with van der Waals surface area (Å²) in [5.41, 5.74) is 2.23. The number of anilines is 1. The molecule has 7 heteroatoms. The second-order valence-electron chi connectivity index (χ2n) is 5.59. The third-order valence-corrected chi connectivity index (χ3v) is 3.79. The number of carboxylic acids is 1. The third-order valence-electron chi connectivity index (χ3n) is 3.79. The summed E-state index contributed by atoms with van der Waals surface area (Å²) in [6.07, 6.45) is 0.773. The van der Waals surface area contributed by atoms with Crippen LogP contribution in [0.4, 0.5) is 5.69 Å². The Morgan fingerprint density at radius 3 is 2.75 bits per heavy atom. The van der Waals surface area contributed by atoms with Crippen molar-refractivity contribution < 1.29 is 19.4 Å². The molecule has 0 bridgehead atoms. The molecule has 0 spiro atoms. The first-order chi connectivity index (χ1) is 11.5. The standard InChI is InChI=1S/C17H17N3O4/c1-10-18-8-7-13(19-10)11-3-2-4-12(9-11)20-16(21)14-5-6-15(24-14)17(22)23/h2-4,7-9,14-15H,5-6H2,1H3,(H,20,21)(H,22,23)/t14-,15+/m0/s1. The fourth-order valence-electron chi connectivity index (χ4n) is 2.61. The van der Waals surface area contributed by atoms with Crippen LogP contribution in [0.25, 0.3) is 11.3 Å². The molecule has 0 radical (unpaired) electrons. The highest BCUT2D eigenvalue weighted by Gasteiger charge is 2.34. The van der Waals surface area contributed by atoms with Gasteiger partial charge in [0.05, 0.1) is 5.69 Å². The topological polar surface area (TPSA) is 101 Å². The molecular weight excluding hydrogens is 310 g/mol. The van der Waals surface area contributed by atoms with Gasteiger partial charge in [-0.15, -0.1) is 0 Å². The Hall–Kier alpha value is -2.80. The van der Waals surface area contributed by atoms with Crippen LogP contribution in [0.15, 0.2) is 36.5 Å². The Labute approximate surface area is 138 Å². The number of benzene rings is 1. The minimum absolute atomic E-state index is 0.338. The van der Waals surface area contributed by atoms with Crippen molar-refractivity contribution in [3.63, 3.8) is 0 Å². The van der Waals surface area contributed by atoms with E-state index in [1.807, 2.05) is 25.1 Å². The van der Waals surface area contributed by atoms with Crippen molar-refractivity contribution in [1.29, 1.82) is 0 Å². The van der Waals surface area contributed by atoms with Crippen molar-refractivity contribution in [3.8, 4) is 11.3 Å². The van der Waals surface area contributed by atoms with E-state index in [1.54, 1.807) is 18.3 Å². The lowest BCUT2D eigenvalue weighted by molar-refractivity contribution is -0.150. The van der Waals surface area contributed by atoms with Crippen LogP contribution in [0.3, 0.4) is 0 Å². The van der Waals surface area contributed by atoms with E-state index in [1.165, 1.54) is 0 Å². The molecule has 124 valence electrons. The first-order valence-corrected chi connectivity index (χ1v) is 7.62. The molecule has 3 rings (SSSR count). The van der Waals surface area contributed by atoms with Gasteiger partial charge in [0.15, 0.2) is 6.10 Å². The lowest BCUT2D eigenvalue weighted by atomic mass is 10.1. The van der Waals surface area contributed by atoms with Gasteiger partial charge in [0, 0.05) is 17.4 Å². The average molecular weight is 327 g/mol. The fraction of sp³-hybridized carbons (Fsp3) is 0.294. The van der Waals surface area contributed by atoms with E-state index < -0.39 is 18.2 Å². The summed E-state index contributed by atoms with van der Waals surface area (Å²) < 4.78 is 5.26. The number of hydrogen-bond donors (Lipinski definition) is 2. The highest BCUT2D eigenvalue weighted by atomic mass is 16.5. The summed E-state index contributed by atoms with van der Waals surface area (Å²) in [4.78, 5) is 31.5. The second kappa shape index (κ2) is 6.76. The molecule has 0 saturated carbocycles. The minimum atomic E-state index is -1.04. The summed E-state index contributed by atoms with van der Waals surface area (Å²) >= 11 is 0. The van der Waals surface area contributed by atoms with Gasteiger partial charge >= 0.3 is 5.97 Å². The number of aromatic nitrogens is 2. The van der Waals surface area contributed by atoms with Gasteiger partial charge in [-0.1, -0.05) is 12.1 Å². The quantitative estimate of drug-likeness (QED) is 0.891. The molecule has 7 nitrogen and oxygen atoms in total. The zero-order valence-corrected chi connectivity index (χ0v) is 13.1. The van der Waals surface area contributed by atoms with Crippen LogP contribution in [0.5, 0.6) is 0 Å². The summed E-state index contributed by atoms with van der Waals surface area (Å²) in [5, 5.41) is 11.7. The molecule has 2 atom stereocenters. The first kappa shape index (κ1) is 16.1. The lowest BCUT2D eigenvalue weighted by Gasteiger charge is -2.12. The molecule has 1 fully saturated rings. The molecule has 1 amide bonds. The molecule has 0 unspecified atom stereocenters. The van der Waals surface area contributed by atoms with Crippen LogP contribution >= 0.6 is 0 Å². The van der Waals surface area contributed by atoms with E-state index in [4.69, 9.17) is 9.84 Å². The number of nitrogens with zero attached hydrogens (tertiary/aromatic N) is 2. The maximum atomic E-state index is 12.2. The summed E-state index contributed by atoms with van der Waals surface area (Å²) in [5.74, 6) is -0.706. The maximum absolute atomic E-state index is 12.2. The number of nitrogens with one attached hydrogen (secondary N) is 1. The number of rotatable bonds is 4. The summed E-state index contributed by atoms with van der Waals surface area (Å²) in [7, 11) is 0. The van der Waals surface area contributed by atoms with Gasteiger partial charge in [0.1, 0.15) is 11.9 Å². The van der Waals surface area contributed by atoms with Crippen molar-refractivity contribution in [1.82, 2.24) is 9.97 Å². The number of hydrogen-bond acceptors (Lipinski definition) is 5. The van der Waals surface area contributed by atoms with Crippen LogP contribution < -0.4 is 5.32 Å². The Kier molecular flexibility index (Phi) is 4.52. The molecule has 1 saturated heterocycles.